The first-order valence-electron chi connectivity index (χ1n) is 6.11. The maximum absolute atomic E-state index is 9.72. The average molecular weight is 355 g/mol. The zero-order valence-electron chi connectivity index (χ0n) is 11.5. The fourth-order valence-corrected chi connectivity index (χ4v) is 2.09. The van der Waals surface area contributed by atoms with Gasteiger partial charge in [-0.15, -0.1) is 10.2 Å². The number of nitrogens with two attached hydrogens (primary N) is 1. The first-order valence-corrected chi connectivity index (χ1v) is 6.91. The number of methoxy groups -OCH3 is 1. The van der Waals surface area contributed by atoms with Crippen molar-refractivity contribution in [3.8, 4) is 11.5 Å². The topological polar surface area (TPSA) is 111 Å². The van der Waals surface area contributed by atoms with Gasteiger partial charge in [-0.05, 0) is 33.6 Å². The predicted molar refractivity (Wildman–Crippen MR) is 83.1 cm³/mol. The molecule has 8 nitrogen and oxygen atoms in total. The molecule has 0 saturated carbocycles. The van der Waals surface area contributed by atoms with E-state index in [0.29, 0.717) is 28.4 Å². The standard InChI is InChI=1S/C12H15BrN6O2/c1-3-10-16-18-12(19(10)14)17-15-6-7-4-8(13)11(20)9(5-7)21-2/h4-6,20H,3,14H2,1-2H3,(H,17,18)/b15-6+. The fraction of sp³-hybridized carbons (Fsp3) is 0.250. The summed E-state index contributed by atoms with van der Waals surface area (Å²) >= 11 is 3.24. The van der Waals surface area contributed by atoms with Crippen LogP contribution in [-0.2, 0) is 6.42 Å². The van der Waals surface area contributed by atoms with Crippen molar-refractivity contribution in [2.24, 2.45) is 5.10 Å². The number of phenolic OH excluding ortho intramolecular Hbond substituents is 1. The van der Waals surface area contributed by atoms with Crippen LogP contribution in [0.2, 0.25) is 0 Å². The zero-order chi connectivity index (χ0) is 15.4. The van der Waals surface area contributed by atoms with Crippen LogP contribution in [0.15, 0.2) is 21.7 Å². The number of rotatable bonds is 5. The van der Waals surface area contributed by atoms with Crippen molar-refractivity contribution in [3.05, 3.63) is 28.0 Å². The number of hydrogen-bond donors (Lipinski definition) is 3. The Morgan fingerprint density at radius 2 is 2.29 bits per heavy atom. The molecule has 0 spiro atoms. The van der Waals surface area contributed by atoms with Gasteiger partial charge in [0.15, 0.2) is 17.3 Å². The molecule has 1 heterocycles. The van der Waals surface area contributed by atoms with Gasteiger partial charge in [-0.1, -0.05) is 6.92 Å². The molecule has 0 aliphatic rings. The molecule has 0 atom stereocenters. The Labute approximate surface area is 129 Å². The molecule has 9 heteroatoms. The van der Waals surface area contributed by atoms with Gasteiger partial charge in [0.05, 0.1) is 17.8 Å². The molecule has 1 aromatic carbocycles. The van der Waals surface area contributed by atoms with Crippen LogP contribution in [0.5, 0.6) is 11.5 Å². The number of nitrogens with zero attached hydrogens (tertiary/aromatic N) is 4. The molecule has 0 aliphatic carbocycles. The quantitative estimate of drug-likeness (QED) is 0.426. The van der Waals surface area contributed by atoms with Gasteiger partial charge in [-0.25, -0.2) is 10.1 Å². The molecule has 0 aliphatic heterocycles. The van der Waals surface area contributed by atoms with Gasteiger partial charge in [0, 0.05) is 6.42 Å². The summed E-state index contributed by atoms with van der Waals surface area (Å²) in [6.07, 6.45) is 2.23. The summed E-state index contributed by atoms with van der Waals surface area (Å²) in [5, 5.41) is 21.5. The van der Waals surface area contributed by atoms with Gasteiger partial charge in [-0.2, -0.15) is 5.10 Å². The molecule has 2 rings (SSSR count). The molecule has 0 fully saturated rings. The first-order chi connectivity index (χ1) is 10.1. The number of hydrazone groups is 1. The summed E-state index contributed by atoms with van der Waals surface area (Å²) in [5.74, 6) is 7.16. The number of halogens is 1. The molecule has 0 bridgehead atoms. The highest BCUT2D eigenvalue weighted by atomic mass is 79.9. The summed E-state index contributed by atoms with van der Waals surface area (Å²) in [7, 11) is 1.48. The molecule has 0 amide bonds. The van der Waals surface area contributed by atoms with Gasteiger partial charge >= 0.3 is 0 Å². The average Bonchev–Trinajstić information content (AvgIpc) is 2.83. The third-order valence-corrected chi connectivity index (χ3v) is 3.34. The summed E-state index contributed by atoms with van der Waals surface area (Å²) in [6, 6.07) is 3.35. The minimum Gasteiger partial charge on any atom is -0.503 e. The van der Waals surface area contributed by atoms with Crippen molar-refractivity contribution in [1.82, 2.24) is 14.9 Å². The van der Waals surface area contributed by atoms with E-state index in [1.165, 1.54) is 11.8 Å². The maximum Gasteiger partial charge on any atom is 0.263 e. The van der Waals surface area contributed by atoms with Gasteiger partial charge in [0.1, 0.15) is 0 Å². The zero-order valence-corrected chi connectivity index (χ0v) is 13.1. The summed E-state index contributed by atoms with van der Waals surface area (Å²) in [5.41, 5.74) is 3.43. The maximum atomic E-state index is 9.72. The molecule has 2 aromatic rings. The van der Waals surface area contributed by atoms with Gasteiger partial charge in [0.25, 0.3) is 5.95 Å². The molecule has 1 aromatic heterocycles. The van der Waals surface area contributed by atoms with Crippen molar-refractivity contribution in [3.63, 3.8) is 0 Å². The number of hydrogen-bond acceptors (Lipinski definition) is 7. The molecule has 21 heavy (non-hydrogen) atoms. The molecular weight excluding hydrogens is 340 g/mol. The van der Waals surface area contributed by atoms with Crippen molar-refractivity contribution < 1.29 is 9.84 Å². The largest absolute Gasteiger partial charge is 0.503 e. The minimum absolute atomic E-state index is 0.0388. The summed E-state index contributed by atoms with van der Waals surface area (Å²) < 4.78 is 6.91. The Bertz CT molecular complexity index is 670. The predicted octanol–water partition coefficient (Wildman–Crippen LogP) is 1.48. The molecule has 0 saturated heterocycles. The van der Waals surface area contributed by atoms with Gasteiger partial charge in [0.2, 0.25) is 0 Å². The fourth-order valence-electron chi connectivity index (χ4n) is 1.63. The Morgan fingerprint density at radius 3 is 2.90 bits per heavy atom. The molecule has 0 unspecified atom stereocenters. The van der Waals surface area contributed by atoms with E-state index in [9.17, 15) is 5.11 Å². The van der Waals surface area contributed by atoms with Crippen molar-refractivity contribution >= 4 is 28.1 Å². The van der Waals surface area contributed by atoms with Crippen molar-refractivity contribution in [1.29, 1.82) is 0 Å². The number of phenols is 1. The van der Waals surface area contributed by atoms with E-state index in [2.05, 4.69) is 36.7 Å². The Hall–Kier alpha value is -2.29. The van der Waals surface area contributed by atoms with E-state index in [1.807, 2.05) is 6.92 Å². The SMILES string of the molecule is CCc1nnc(N/N=C/c2cc(Br)c(O)c(OC)c2)n1N. The van der Waals surface area contributed by atoms with E-state index in [4.69, 9.17) is 10.6 Å². The van der Waals surface area contributed by atoms with Crippen LogP contribution < -0.4 is 16.0 Å². The number of anilines is 1. The number of aromatic nitrogens is 3. The molecular formula is C12H15BrN6O2. The van der Waals surface area contributed by atoms with Crippen LogP contribution in [0.1, 0.15) is 18.3 Å². The molecule has 0 radical (unpaired) electrons. The minimum atomic E-state index is 0.0388. The normalized spacial score (nSPS) is 11.0. The lowest BCUT2D eigenvalue weighted by atomic mass is 10.2. The second-order valence-corrected chi connectivity index (χ2v) is 4.94. The third kappa shape index (κ3) is 3.24. The second-order valence-electron chi connectivity index (χ2n) is 4.09. The summed E-state index contributed by atoms with van der Waals surface area (Å²) in [6.45, 7) is 1.93. The van der Waals surface area contributed by atoms with E-state index < -0.39 is 0 Å². The van der Waals surface area contributed by atoms with Crippen LogP contribution in [0.4, 0.5) is 5.95 Å². The monoisotopic (exact) mass is 354 g/mol. The second kappa shape index (κ2) is 6.44. The van der Waals surface area contributed by atoms with Crippen molar-refractivity contribution in [2.45, 2.75) is 13.3 Å². The smallest absolute Gasteiger partial charge is 0.263 e. The lowest BCUT2D eigenvalue weighted by Gasteiger charge is -2.06. The number of aryl methyl sites for hydroxylation is 1. The van der Waals surface area contributed by atoms with Gasteiger partial charge < -0.3 is 15.7 Å². The van der Waals surface area contributed by atoms with E-state index >= 15 is 0 Å². The Balaban J connectivity index is 2.14. The number of ether oxygens (including phenoxy) is 1. The summed E-state index contributed by atoms with van der Waals surface area (Å²) in [4.78, 5) is 0. The van der Waals surface area contributed by atoms with Crippen LogP contribution >= 0.6 is 15.9 Å². The first kappa shape index (κ1) is 15.1. The number of nitrogens with one attached hydrogen (secondary N) is 1. The van der Waals surface area contributed by atoms with Crippen LogP contribution in [-0.4, -0.2) is 33.3 Å². The van der Waals surface area contributed by atoms with Gasteiger partial charge in [-0.3, -0.25) is 0 Å². The third-order valence-electron chi connectivity index (χ3n) is 2.73. The van der Waals surface area contributed by atoms with Crippen LogP contribution in [0, 0.1) is 0 Å². The Morgan fingerprint density at radius 1 is 1.52 bits per heavy atom. The number of aromatic hydroxyl groups is 1. The lowest BCUT2D eigenvalue weighted by molar-refractivity contribution is 0.372. The number of benzene rings is 1. The highest BCUT2D eigenvalue weighted by molar-refractivity contribution is 9.10. The molecule has 4 N–H and O–H groups in total. The van der Waals surface area contributed by atoms with Crippen LogP contribution in [0.25, 0.3) is 0 Å². The molecule has 112 valence electrons. The van der Waals surface area contributed by atoms with Crippen LogP contribution in [0.3, 0.4) is 0 Å². The highest BCUT2D eigenvalue weighted by Gasteiger charge is 2.08. The van der Waals surface area contributed by atoms with Crippen molar-refractivity contribution in [2.75, 3.05) is 18.4 Å². The number of nitrogen functional groups attached to an aromatic ring is 1. The highest BCUT2D eigenvalue weighted by Crippen LogP contribution is 2.34. The van der Waals surface area contributed by atoms with E-state index in [1.54, 1.807) is 18.3 Å². The van der Waals surface area contributed by atoms with E-state index in [-0.39, 0.29) is 5.75 Å². The van der Waals surface area contributed by atoms with E-state index in [0.717, 1.165) is 5.56 Å². The Kier molecular flexibility index (Phi) is 4.63. The lowest BCUT2D eigenvalue weighted by Crippen LogP contribution is -2.14.